The average molecular weight is 274 g/mol. The fourth-order valence-corrected chi connectivity index (χ4v) is 3.69. The van der Waals surface area contributed by atoms with E-state index in [9.17, 15) is 0 Å². The van der Waals surface area contributed by atoms with Gasteiger partial charge >= 0.3 is 0 Å². The van der Waals surface area contributed by atoms with Crippen LogP contribution in [-0.2, 0) is 0 Å². The maximum absolute atomic E-state index is 4.75. The molecule has 0 bridgehead atoms. The maximum atomic E-state index is 4.75. The van der Waals surface area contributed by atoms with E-state index in [-0.39, 0.29) is 0 Å². The smallest absolute Gasteiger partial charge is 0.0605 e. The third kappa shape index (κ3) is 3.60. The summed E-state index contributed by atoms with van der Waals surface area (Å²) in [5.41, 5.74) is 3.88. The van der Waals surface area contributed by atoms with E-state index in [4.69, 9.17) is 4.98 Å². The topological polar surface area (TPSA) is 24.9 Å². The van der Waals surface area contributed by atoms with E-state index in [0.29, 0.717) is 6.04 Å². The van der Waals surface area contributed by atoms with Crippen LogP contribution in [0.15, 0.2) is 12.3 Å². The van der Waals surface area contributed by atoms with Gasteiger partial charge in [0.15, 0.2) is 0 Å². The second-order valence-corrected chi connectivity index (χ2v) is 6.44. The summed E-state index contributed by atoms with van der Waals surface area (Å²) in [6.45, 7) is 9.88. The zero-order valence-electron chi connectivity index (χ0n) is 13.6. The molecule has 2 heteroatoms. The average Bonchev–Trinajstić information content (AvgIpc) is 2.46. The standard InChI is InChI=1S/C18H30N2/c1-5-15-7-9-16(10-8-15)18(19-6-2)17-14(4)11-13(3)12-20-17/h11-12,15-16,18-19H,5-10H2,1-4H3. The minimum atomic E-state index is 0.443. The van der Waals surface area contributed by atoms with Crippen molar-refractivity contribution in [3.05, 3.63) is 29.1 Å². The van der Waals surface area contributed by atoms with Crippen molar-refractivity contribution in [2.45, 2.75) is 65.8 Å². The molecule has 1 heterocycles. The molecule has 2 rings (SSSR count). The van der Waals surface area contributed by atoms with Crippen molar-refractivity contribution in [3.8, 4) is 0 Å². The molecule has 0 aromatic carbocycles. The van der Waals surface area contributed by atoms with Crippen molar-refractivity contribution in [2.24, 2.45) is 11.8 Å². The fraction of sp³-hybridized carbons (Fsp3) is 0.722. The van der Waals surface area contributed by atoms with Crippen molar-refractivity contribution in [3.63, 3.8) is 0 Å². The van der Waals surface area contributed by atoms with Crippen molar-refractivity contribution in [1.82, 2.24) is 10.3 Å². The molecule has 1 aromatic rings. The van der Waals surface area contributed by atoms with E-state index in [0.717, 1.165) is 18.4 Å². The predicted octanol–water partition coefficient (Wildman–Crippen LogP) is 4.57. The first-order chi connectivity index (χ1) is 9.65. The van der Waals surface area contributed by atoms with Gasteiger partial charge < -0.3 is 5.32 Å². The molecule has 1 saturated carbocycles. The molecule has 0 radical (unpaired) electrons. The number of aryl methyl sites for hydroxylation is 2. The zero-order valence-corrected chi connectivity index (χ0v) is 13.6. The van der Waals surface area contributed by atoms with Crippen LogP contribution in [0.5, 0.6) is 0 Å². The molecule has 112 valence electrons. The molecule has 1 aliphatic carbocycles. The molecule has 1 fully saturated rings. The summed E-state index contributed by atoms with van der Waals surface area (Å²) in [7, 11) is 0. The van der Waals surface area contributed by atoms with Crippen LogP contribution in [-0.4, -0.2) is 11.5 Å². The van der Waals surface area contributed by atoms with Crippen molar-refractivity contribution in [1.29, 1.82) is 0 Å². The Morgan fingerprint density at radius 3 is 2.45 bits per heavy atom. The van der Waals surface area contributed by atoms with E-state index in [1.54, 1.807) is 0 Å². The number of hydrogen-bond acceptors (Lipinski definition) is 2. The summed E-state index contributed by atoms with van der Waals surface area (Å²) < 4.78 is 0. The van der Waals surface area contributed by atoms with Gasteiger partial charge in [-0.25, -0.2) is 0 Å². The normalized spacial score (nSPS) is 24.6. The highest BCUT2D eigenvalue weighted by molar-refractivity contribution is 5.26. The molecule has 0 saturated heterocycles. The Labute approximate surface area is 124 Å². The van der Waals surface area contributed by atoms with E-state index in [2.05, 4.69) is 39.1 Å². The number of pyridine rings is 1. The molecule has 1 atom stereocenters. The highest BCUT2D eigenvalue weighted by Crippen LogP contribution is 2.38. The maximum Gasteiger partial charge on any atom is 0.0605 e. The van der Waals surface area contributed by atoms with Gasteiger partial charge in [-0.2, -0.15) is 0 Å². The number of nitrogens with zero attached hydrogens (tertiary/aromatic N) is 1. The van der Waals surface area contributed by atoms with Crippen molar-refractivity contribution >= 4 is 0 Å². The second-order valence-electron chi connectivity index (χ2n) is 6.44. The lowest BCUT2D eigenvalue weighted by atomic mass is 9.76. The first kappa shape index (κ1) is 15.5. The Balaban J connectivity index is 2.14. The molecular weight excluding hydrogens is 244 g/mol. The highest BCUT2D eigenvalue weighted by Gasteiger charge is 2.29. The van der Waals surface area contributed by atoms with E-state index in [1.807, 2.05) is 6.20 Å². The van der Waals surface area contributed by atoms with Crippen LogP contribution in [0.3, 0.4) is 0 Å². The highest BCUT2D eigenvalue weighted by atomic mass is 14.9. The zero-order chi connectivity index (χ0) is 14.5. The van der Waals surface area contributed by atoms with E-state index < -0.39 is 0 Å². The van der Waals surface area contributed by atoms with Crippen LogP contribution < -0.4 is 5.32 Å². The molecular formula is C18H30N2. The number of rotatable bonds is 5. The minimum absolute atomic E-state index is 0.443. The first-order valence-corrected chi connectivity index (χ1v) is 8.32. The quantitative estimate of drug-likeness (QED) is 0.851. The van der Waals surface area contributed by atoms with E-state index in [1.165, 1.54) is 48.9 Å². The largest absolute Gasteiger partial charge is 0.309 e. The molecule has 1 aromatic heterocycles. The number of aromatic nitrogens is 1. The van der Waals surface area contributed by atoms with Crippen LogP contribution in [0.4, 0.5) is 0 Å². The van der Waals surface area contributed by atoms with Gasteiger partial charge in [0.05, 0.1) is 11.7 Å². The minimum Gasteiger partial charge on any atom is -0.309 e. The van der Waals surface area contributed by atoms with Gasteiger partial charge in [0.2, 0.25) is 0 Å². The molecule has 0 aliphatic heterocycles. The van der Waals surface area contributed by atoms with Gasteiger partial charge in [0.1, 0.15) is 0 Å². The number of nitrogens with one attached hydrogen (secondary N) is 1. The third-order valence-electron chi connectivity index (χ3n) is 4.91. The Kier molecular flexibility index (Phi) is 5.59. The van der Waals surface area contributed by atoms with E-state index >= 15 is 0 Å². The molecule has 2 nitrogen and oxygen atoms in total. The molecule has 0 amide bonds. The van der Waals surface area contributed by atoms with Crippen LogP contribution in [0.25, 0.3) is 0 Å². The molecule has 1 N–H and O–H groups in total. The lowest BCUT2D eigenvalue weighted by Crippen LogP contribution is -2.32. The summed E-state index contributed by atoms with van der Waals surface area (Å²) in [6, 6.07) is 2.71. The van der Waals surface area contributed by atoms with Gasteiger partial charge in [-0.05, 0) is 56.2 Å². The predicted molar refractivity (Wildman–Crippen MR) is 85.9 cm³/mol. The van der Waals surface area contributed by atoms with Crippen LogP contribution in [0, 0.1) is 25.7 Å². The Hall–Kier alpha value is -0.890. The van der Waals surface area contributed by atoms with Gasteiger partial charge in [0, 0.05) is 6.20 Å². The summed E-state index contributed by atoms with van der Waals surface area (Å²) in [5, 5.41) is 3.70. The van der Waals surface area contributed by atoms with Crippen LogP contribution >= 0.6 is 0 Å². The fourth-order valence-electron chi connectivity index (χ4n) is 3.69. The Morgan fingerprint density at radius 1 is 1.20 bits per heavy atom. The Morgan fingerprint density at radius 2 is 1.90 bits per heavy atom. The van der Waals surface area contributed by atoms with Crippen LogP contribution in [0.2, 0.25) is 0 Å². The molecule has 0 spiro atoms. The van der Waals surface area contributed by atoms with Crippen LogP contribution in [0.1, 0.15) is 68.8 Å². The summed E-state index contributed by atoms with van der Waals surface area (Å²) in [6.07, 6.45) is 8.86. The summed E-state index contributed by atoms with van der Waals surface area (Å²) in [4.78, 5) is 4.75. The van der Waals surface area contributed by atoms with Gasteiger partial charge in [-0.15, -0.1) is 0 Å². The first-order valence-electron chi connectivity index (χ1n) is 8.32. The summed E-state index contributed by atoms with van der Waals surface area (Å²) in [5.74, 6) is 1.72. The van der Waals surface area contributed by atoms with Crippen molar-refractivity contribution in [2.75, 3.05) is 6.54 Å². The monoisotopic (exact) mass is 274 g/mol. The third-order valence-corrected chi connectivity index (χ3v) is 4.91. The Bertz CT molecular complexity index is 419. The lowest BCUT2D eigenvalue weighted by molar-refractivity contribution is 0.217. The number of hydrogen-bond donors (Lipinski definition) is 1. The van der Waals surface area contributed by atoms with Gasteiger partial charge in [-0.3, -0.25) is 4.98 Å². The molecule has 20 heavy (non-hydrogen) atoms. The summed E-state index contributed by atoms with van der Waals surface area (Å²) >= 11 is 0. The SMILES string of the molecule is CCNC(c1ncc(C)cc1C)C1CCC(CC)CC1. The lowest BCUT2D eigenvalue weighted by Gasteiger charge is -2.34. The second kappa shape index (κ2) is 7.21. The molecule has 1 aliphatic rings. The van der Waals surface area contributed by atoms with Gasteiger partial charge in [-0.1, -0.05) is 39.2 Å². The molecule has 1 unspecified atom stereocenters. The van der Waals surface area contributed by atoms with Gasteiger partial charge in [0.25, 0.3) is 0 Å². The van der Waals surface area contributed by atoms with Crippen molar-refractivity contribution < 1.29 is 0 Å².